The van der Waals surface area contributed by atoms with E-state index in [1.165, 1.54) is 0 Å². The first-order valence-corrected chi connectivity index (χ1v) is 10.1. The molecule has 1 N–H and O–H groups in total. The van der Waals surface area contributed by atoms with Crippen molar-refractivity contribution >= 4 is 33.5 Å². The first-order valence-electron chi connectivity index (χ1n) is 9.75. The van der Waals surface area contributed by atoms with Crippen LogP contribution in [0, 0.1) is 11.3 Å². The smallest absolute Gasteiger partial charge is 0.115 e. The zero-order valence-electron chi connectivity index (χ0n) is 16.4. The number of halogens is 1. The van der Waals surface area contributed by atoms with Crippen LogP contribution >= 0.6 is 11.6 Å². The minimum Gasteiger partial charge on any atom is -0.278 e. The van der Waals surface area contributed by atoms with Gasteiger partial charge in [-0.05, 0) is 54.6 Å². The summed E-state index contributed by atoms with van der Waals surface area (Å²) in [6, 6.07) is 21.0. The lowest BCUT2D eigenvalue weighted by molar-refractivity contribution is 0.824. The fourth-order valence-electron chi connectivity index (χ4n) is 3.81. The molecule has 0 saturated carbocycles. The highest BCUT2D eigenvalue weighted by atomic mass is 35.5. The summed E-state index contributed by atoms with van der Waals surface area (Å²) in [5.74, 6) is 0. The van der Waals surface area contributed by atoms with E-state index in [1.54, 1.807) is 40.0 Å². The molecular formula is C23H13ClN8. The molecule has 3 heterocycles. The van der Waals surface area contributed by atoms with Gasteiger partial charge in [-0.2, -0.15) is 15.5 Å². The number of nitrogens with one attached hydrogen (secondary N) is 1. The predicted octanol–water partition coefficient (Wildman–Crippen LogP) is 4.67. The highest BCUT2D eigenvalue weighted by Crippen LogP contribution is 2.33. The number of aromatic amines is 1. The van der Waals surface area contributed by atoms with E-state index >= 15 is 0 Å². The molecule has 0 saturated heterocycles. The van der Waals surface area contributed by atoms with Gasteiger partial charge in [0.05, 0.1) is 57.2 Å². The van der Waals surface area contributed by atoms with E-state index in [9.17, 15) is 5.26 Å². The second kappa shape index (κ2) is 7.04. The molecule has 0 fully saturated rings. The zero-order chi connectivity index (χ0) is 21.7. The molecule has 0 atom stereocenters. The third-order valence-electron chi connectivity index (χ3n) is 5.34. The SMILES string of the molecule is N#Cc1cccc(-n2nccc2-c2cc3c(cc2Cl)nnn3-c2ccc3cn[nH]c3c2)c1. The minimum absolute atomic E-state index is 0.534. The fourth-order valence-corrected chi connectivity index (χ4v) is 4.06. The van der Waals surface area contributed by atoms with Gasteiger partial charge in [-0.25, -0.2) is 9.36 Å². The number of nitrogens with zero attached hydrogens (tertiary/aromatic N) is 7. The Kier molecular flexibility index (Phi) is 4.03. The molecule has 32 heavy (non-hydrogen) atoms. The predicted molar refractivity (Wildman–Crippen MR) is 121 cm³/mol. The Morgan fingerprint density at radius 3 is 2.78 bits per heavy atom. The van der Waals surface area contributed by atoms with Crippen LogP contribution in [0.1, 0.15) is 5.56 Å². The van der Waals surface area contributed by atoms with Gasteiger partial charge < -0.3 is 0 Å². The molecule has 0 aliphatic heterocycles. The number of benzene rings is 3. The minimum atomic E-state index is 0.534. The van der Waals surface area contributed by atoms with Crippen molar-refractivity contribution in [2.45, 2.75) is 0 Å². The topological polar surface area (TPSA) is 101 Å². The summed E-state index contributed by atoms with van der Waals surface area (Å²) in [4.78, 5) is 0. The monoisotopic (exact) mass is 436 g/mol. The van der Waals surface area contributed by atoms with Crippen LogP contribution in [0.25, 0.3) is 44.6 Å². The Morgan fingerprint density at radius 2 is 1.88 bits per heavy atom. The van der Waals surface area contributed by atoms with E-state index in [-0.39, 0.29) is 0 Å². The average molecular weight is 437 g/mol. The van der Waals surface area contributed by atoms with Gasteiger partial charge in [0.15, 0.2) is 0 Å². The normalized spacial score (nSPS) is 11.2. The summed E-state index contributed by atoms with van der Waals surface area (Å²) >= 11 is 6.65. The Hall–Kier alpha value is -4.48. The number of aromatic nitrogens is 7. The van der Waals surface area contributed by atoms with Crippen molar-refractivity contribution in [3.05, 3.63) is 83.6 Å². The summed E-state index contributed by atoms with van der Waals surface area (Å²) in [7, 11) is 0. The molecule has 0 radical (unpaired) electrons. The summed E-state index contributed by atoms with van der Waals surface area (Å²) in [6.45, 7) is 0. The number of H-pyrrole nitrogens is 1. The van der Waals surface area contributed by atoms with Crippen LogP contribution in [0.5, 0.6) is 0 Å². The van der Waals surface area contributed by atoms with E-state index in [4.69, 9.17) is 11.6 Å². The number of hydrogen-bond donors (Lipinski definition) is 1. The fraction of sp³-hybridized carbons (Fsp3) is 0. The highest BCUT2D eigenvalue weighted by molar-refractivity contribution is 6.34. The Morgan fingerprint density at radius 1 is 0.969 bits per heavy atom. The van der Waals surface area contributed by atoms with E-state index < -0.39 is 0 Å². The Bertz CT molecular complexity index is 1670. The largest absolute Gasteiger partial charge is 0.278 e. The molecule has 0 bridgehead atoms. The van der Waals surface area contributed by atoms with E-state index in [0.717, 1.165) is 39.1 Å². The summed E-state index contributed by atoms with van der Waals surface area (Å²) < 4.78 is 3.53. The molecule has 3 aromatic heterocycles. The third kappa shape index (κ3) is 2.84. The molecule has 152 valence electrons. The van der Waals surface area contributed by atoms with E-state index in [1.807, 2.05) is 42.5 Å². The average Bonchev–Trinajstić information content (AvgIpc) is 3.57. The summed E-state index contributed by atoms with van der Waals surface area (Å²) in [6.07, 6.45) is 3.48. The standard InChI is InChI=1S/C23H13ClN8/c24-19-11-21-23(32(30-29-21)17-5-4-15-13-26-28-20(15)9-17)10-18(19)22-6-7-27-31(22)16-3-1-2-14(8-16)12-25/h1-11,13H,(H,26,28). The van der Waals surface area contributed by atoms with Gasteiger partial charge in [-0.3, -0.25) is 5.10 Å². The lowest BCUT2D eigenvalue weighted by Gasteiger charge is -2.10. The first kappa shape index (κ1) is 18.3. The number of nitriles is 1. The van der Waals surface area contributed by atoms with Gasteiger partial charge in [0.25, 0.3) is 0 Å². The van der Waals surface area contributed by atoms with Gasteiger partial charge in [0.2, 0.25) is 0 Å². The van der Waals surface area contributed by atoms with Crippen LogP contribution in [0.15, 0.2) is 73.1 Å². The van der Waals surface area contributed by atoms with Crippen molar-refractivity contribution < 1.29 is 0 Å². The quantitative estimate of drug-likeness (QED) is 0.434. The molecule has 0 spiro atoms. The van der Waals surface area contributed by atoms with Crippen LogP contribution in [0.4, 0.5) is 0 Å². The molecular weight excluding hydrogens is 424 g/mol. The van der Waals surface area contributed by atoms with Gasteiger partial charge in [0.1, 0.15) is 5.52 Å². The number of fused-ring (bicyclic) bond motifs is 2. The molecule has 8 nitrogen and oxygen atoms in total. The lowest BCUT2D eigenvalue weighted by Crippen LogP contribution is -2.00. The lowest BCUT2D eigenvalue weighted by atomic mass is 10.1. The van der Waals surface area contributed by atoms with Gasteiger partial charge in [-0.1, -0.05) is 22.9 Å². The molecule has 0 aliphatic carbocycles. The Labute approximate surface area is 186 Å². The first-order chi connectivity index (χ1) is 15.7. The van der Waals surface area contributed by atoms with Crippen LogP contribution in [-0.2, 0) is 0 Å². The van der Waals surface area contributed by atoms with Crippen molar-refractivity contribution in [2.24, 2.45) is 0 Å². The number of rotatable bonds is 3. The van der Waals surface area contributed by atoms with Crippen molar-refractivity contribution in [2.75, 3.05) is 0 Å². The van der Waals surface area contributed by atoms with Crippen molar-refractivity contribution in [3.8, 4) is 28.7 Å². The highest BCUT2D eigenvalue weighted by Gasteiger charge is 2.16. The van der Waals surface area contributed by atoms with Gasteiger partial charge in [0, 0.05) is 10.9 Å². The molecule has 0 aliphatic rings. The molecule has 0 amide bonds. The molecule has 6 aromatic rings. The summed E-state index contributed by atoms with van der Waals surface area (Å²) in [5.41, 5.74) is 6.17. The Balaban J connectivity index is 1.53. The van der Waals surface area contributed by atoms with Gasteiger partial charge in [-0.15, -0.1) is 5.10 Å². The van der Waals surface area contributed by atoms with Crippen LogP contribution in [0.2, 0.25) is 5.02 Å². The molecule has 6 rings (SSSR count). The third-order valence-corrected chi connectivity index (χ3v) is 5.66. The molecule has 3 aromatic carbocycles. The summed E-state index contributed by atoms with van der Waals surface area (Å²) in [5, 5.41) is 31.0. The second-order valence-corrected chi connectivity index (χ2v) is 7.66. The molecule has 0 unspecified atom stereocenters. The second-order valence-electron chi connectivity index (χ2n) is 7.25. The van der Waals surface area contributed by atoms with Crippen LogP contribution in [-0.4, -0.2) is 35.0 Å². The maximum Gasteiger partial charge on any atom is 0.115 e. The van der Waals surface area contributed by atoms with Crippen molar-refractivity contribution in [3.63, 3.8) is 0 Å². The van der Waals surface area contributed by atoms with Gasteiger partial charge >= 0.3 is 0 Å². The maximum absolute atomic E-state index is 9.25. The number of hydrogen-bond acceptors (Lipinski definition) is 5. The maximum atomic E-state index is 9.25. The van der Waals surface area contributed by atoms with E-state index in [0.29, 0.717) is 16.1 Å². The van der Waals surface area contributed by atoms with Crippen LogP contribution < -0.4 is 0 Å². The van der Waals surface area contributed by atoms with Crippen LogP contribution in [0.3, 0.4) is 0 Å². The zero-order valence-corrected chi connectivity index (χ0v) is 17.2. The van der Waals surface area contributed by atoms with E-state index in [2.05, 4.69) is 31.7 Å². The van der Waals surface area contributed by atoms with Crippen molar-refractivity contribution in [1.29, 1.82) is 5.26 Å². The molecule has 9 heteroatoms. The van der Waals surface area contributed by atoms with Crippen molar-refractivity contribution in [1.82, 2.24) is 35.0 Å².